The maximum Gasteiger partial charge on any atom is 0.119 e. The Morgan fingerprint density at radius 3 is 2.81 bits per heavy atom. The van der Waals surface area contributed by atoms with E-state index in [0.29, 0.717) is 6.04 Å². The Morgan fingerprint density at radius 1 is 1.19 bits per heavy atom. The van der Waals surface area contributed by atoms with Crippen LogP contribution in [0.25, 0.3) is 0 Å². The van der Waals surface area contributed by atoms with Crippen LogP contribution in [0.4, 0.5) is 5.69 Å². The second-order valence-electron chi connectivity index (χ2n) is 5.67. The van der Waals surface area contributed by atoms with Gasteiger partial charge in [-0.3, -0.25) is 0 Å². The standard InChI is InChI=1S/C18H20BrNO/c1-12-8-14(19)10-15(9-12)20-18-5-3-4-13-6-7-16(21-2)11-17(13)18/h6-11,18,20H,3-5H2,1-2H3. The van der Waals surface area contributed by atoms with Crippen LogP contribution in [0.5, 0.6) is 5.75 Å². The third-order valence-electron chi connectivity index (χ3n) is 4.05. The van der Waals surface area contributed by atoms with Gasteiger partial charge in [-0.2, -0.15) is 0 Å². The number of ether oxygens (including phenoxy) is 1. The Bertz CT molecular complexity index is 633. The molecule has 1 atom stereocenters. The zero-order valence-corrected chi connectivity index (χ0v) is 14.0. The summed E-state index contributed by atoms with van der Waals surface area (Å²) in [4.78, 5) is 0. The average molecular weight is 346 g/mol. The highest BCUT2D eigenvalue weighted by atomic mass is 79.9. The first kappa shape index (κ1) is 14.5. The second kappa shape index (κ2) is 6.10. The van der Waals surface area contributed by atoms with E-state index < -0.39 is 0 Å². The molecule has 0 bridgehead atoms. The van der Waals surface area contributed by atoms with Gasteiger partial charge in [-0.25, -0.2) is 0 Å². The Balaban J connectivity index is 1.90. The van der Waals surface area contributed by atoms with Gasteiger partial charge in [-0.15, -0.1) is 0 Å². The monoisotopic (exact) mass is 345 g/mol. The van der Waals surface area contributed by atoms with Crippen LogP contribution in [0.3, 0.4) is 0 Å². The molecule has 0 heterocycles. The van der Waals surface area contributed by atoms with Crippen molar-refractivity contribution in [1.82, 2.24) is 0 Å². The lowest BCUT2D eigenvalue weighted by Crippen LogP contribution is -2.17. The van der Waals surface area contributed by atoms with E-state index in [1.165, 1.54) is 28.8 Å². The van der Waals surface area contributed by atoms with Crippen LogP contribution < -0.4 is 10.1 Å². The van der Waals surface area contributed by atoms with Crippen LogP contribution in [-0.2, 0) is 6.42 Å². The summed E-state index contributed by atoms with van der Waals surface area (Å²) in [7, 11) is 1.73. The predicted molar refractivity (Wildman–Crippen MR) is 91.2 cm³/mol. The summed E-state index contributed by atoms with van der Waals surface area (Å²) in [5.41, 5.74) is 5.24. The summed E-state index contributed by atoms with van der Waals surface area (Å²) in [6.07, 6.45) is 3.55. The van der Waals surface area contributed by atoms with Crippen LogP contribution in [0.1, 0.15) is 35.6 Å². The van der Waals surface area contributed by atoms with E-state index in [1.54, 1.807) is 7.11 Å². The zero-order chi connectivity index (χ0) is 14.8. The number of methoxy groups -OCH3 is 1. The first-order valence-electron chi connectivity index (χ1n) is 7.36. The van der Waals surface area contributed by atoms with Crippen molar-refractivity contribution in [3.8, 4) is 5.75 Å². The number of fused-ring (bicyclic) bond motifs is 1. The van der Waals surface area contributed by atoms with Crippen molar-refractivity contribution in [3.05, 3.63) is 57.6 Å². The number of hydrogen-bond donors (Lipinski definition) is 1. The molecule has 3 rings (SSSR count). The molecule has 110 valence electrons. The van der Waals surface area contributed by atoms with Gasteiger partial charge in [0.05, 0.1) is 13.2 Å². The Kier molecular flexibility index (Phi) is 4.20. The van der Waals surface area contributed by atoms with E-state index in [2.05, 4.69) is 64.6 Å². The van der Waals surface area contributed by atoms with Crippen molar-refractivity contribution in [2.75, 3.05) is 12.4 Å². The lowest BCUT2D eigenvalue weighted by Gasteiger charge is -2.28. The van der Waals surface area contributed by atoms with Gasteiger partial charge in [0, 0.05) is 10.2 Å². The number of aryl methyl sites for hydroxylation is 2. The van der Waals surface area contributed by atoms with E-state index in [9.17, 15) is 0 Å². The van der Waals surface area contributed by atoms with Gasteiger partial charge < -0.3 is 10.1 Å². The topological polar surface area (TPSA) is 21.3 Å². The summed E-state index contributed by atoms with van der Waals surface area (Å²) in [5.74, 6) is 0.938. The van der Waals surface area contributed by atoms with Gasteiger partial charge in [0.15, 0.2) is 0 Å². The van der Waals surface area contributed by atoms with Gasteiger partial charge in [0.2, 0.25) is 0 Å². The van der Waals surface area contributed by atoms with Crippen molar-refractivity contribution in [3.63, 3.8) is 0 Å². The molecular weight excluding hydrogens is 326 g/mol. The van der Waals surface area contributed by atoms with E-state index in [4.69, 9.17) is 4.74 Å². The Labute approximate surface area is 134 Å². The number of hydrogen-bond acceptors (Lipinski definition) is 2. The van der Waals surface area contributed by atoms with Gasteiger partial charge in [-0.05, 0) is 73.2 Å². The SMILES string of the molecule is COc1ccc2c(c1)C(Nc1cc(C)cc(Br)c1)CCC2. The lowest BCUT2D eigenvalue weighted by molar-refractivity contribution is 0.413. The van der Waals surface area contributed by atoms with Crippen LogP contribution in [0.15, 0.2) is 40.9 Å². The fourth-order valence-electron chi connectivity index (χ4n) is 3.07. The smallest absolute Gasteiger partial charge is 0.119 e. The summed E-state index contributed by atoms with van der Waals surface area (Å²) in [5, 5.41) is 3.68. The molecule has 21 heavy (non-hydrogen) atoms. The fraction of sp³-hybridized carbons (Fsp3) is 0.333. The third kappa shape index (κ3) is 3.24. The highest BCUT2D eigenvalue weighted by molar-refractivity contribution is 9.10. The van der Waals surface area contributed by atoms with Crippen LogP contribution >= 0.6 is 15.9 Å². The second-order valence-corrected chi connectivity index (χ2v) is 6.59. The predicted octanol–water partition coefficient (Wildman–Crippen LogP) is 5.26. The van der Waals surface area contributed by atoms with Crippen molar-refractivity contribution in [2.45, 2.75) is 32.2 Å². The van der Waals surface area contributed by atoms with Gasteiger partial charge in [0.1, 0.15) is 5.75 Å². The van der Waals surface area contributed by atoms with Crippen molar-refractivity contribution >= 4 is 21.6 Å². The van der Waals surface area contributed by atoms with E-state index >= 15 is 0 Å². The molecule has 1 aliphatic rings. The van der Waals surface area contributed by atoms with Gasteiger partial charge in [0.25, 0.3) is 0 Å². The molecule has 0 saturated heterocycles. The maximum atomic E-state index is 5.38. The molecule has 0 fully saturated rings. The third-order valence-corrected chi connectivity index (χ3v) is 4.51. The molecule has 0 aromatic heterocycles. The number of anilines is 1. The largest absolute Gasteiger partial charge is 0.497 e. The molecule has 0 saturated carbocycles. The molecule has 2 nitrogen and oxygen atoms in total. The minimum atomic E-state index is 0.359. The lowest BCUT2D eigenvalue weighted by atomic mass is 9.87. The van der Waals surface area contributed by atoms with E-state index in [-0.39, 0.29) is 0 Å². The maximum absolute atomic E-state index is 5.38. The number of nitrogens with one attached hydrogen (secondary N) is 1. The Morgan fingerprint density at radius 2 is 2.05 bits per heavy atom. The Hall–Kier alpha value is -1.48. The highest BCUT2D eigenvalue weighted by Gasteiger charge is 2.20. The number of rotatable bonds is 3. The highest BCUT2D eigenvalue weighted by Crippen LogP contribution is 2.35. The van der Waals surface area contributed by atoms with Gasteiger partial charge in [-0.1, -0.05) is 22.0 Å². The first-order chi connectivity index (χ1) is 10.2. The first-order valence-corrected chi connectivity index (χ1v) is 8.15. The summed E-state index contributed by atoms with van der Waals surface area (Å²) in [6.45, 7) is 2.12. The molecule has 1 unspecified atom stereocenters. The fourth-order valence-corrected chi connectivity index (χ4v) is 3.68. The average Bonchev–Trinajstić information content (AvgIpc) is 2.46. The molecule has 3 heteroatoms. The quantitative estimate of drug-likeness (QED) is 0.819. The summed E-state index contributed by atoms with van der Waals surface area (Å²) >= 11 is 3.57. The molecule has 2 aromatic carbocycles. The molecule has 2 aromatic rings. The molecule has 0 spiro atoms. The minimum Gasteiger partial charge on any atom is -0.497 e. The minimum absolute atomic E-state index is 0.359. The number of halogens is 1. The normalized spacial score (nSPS) is 17.2. The van der Waals surface area contributed by atoms with Crippen LogP contribution in [-0.4, -0.2) is 7.11 Å². The summed E-state index contributed by atoms with van der Waals surface area (Å²) in [6, 6.07) is 13.3. The van der Waals surface area contributed by atoms with Crippen molar-refractivity contribution < 1.29 is 4.74 Å². The molecule has 1 N–H and O–H groups in total. The molecule has 0 aliphatic heterocycles. The van der Waals surface area contributed by atoms with Gasteiger partial charge >= 0.3 is 0 Å². The van der Waals surface area contributed by atoms with Crippen molar-refractivity contribution in [2.24, 2.45) is 0 Å². The molecular formula is C18H20BrNO. The summed E-state index contributed by atoms with van der Waals surface area (Å²) < 4.78 is 6.50. The molecule has 0 amide bonds. The van der Waals surface area contributed by atoms with Crippen LogP contribution in [0.2, 0.25) is 0 Å². The van der Waals surface area contributed by atoms with Crippen molar-refractivity contribution in [1.29, 1.82) is 0 Å². The zero-order valence-electron chi connectivity index (χ0n) is 12.4. The van der Waals surface area contributed by atoms with Crippen LogP contribution in [0, 0.1) is 6.92 Å². The molecule has 0 radical (unpaired) electrons. The van der Waals surface area contributed by atoms with E-state index in [0.717, 1.165) is 23.1 Å². The molecule has 1 aliphatic carbocycles. The number of benzene rings is 2. The van der Waals surface area contributed by atoms with E-state index in [1.807, 2.05) is 0 Å².